The Morgan fingerprint density at radius 2 is 2.17 bits per heavy atom. The summed E-state index contributed by atoms with van der Waals surface area (Å²) in [6, 6.07) is 1.99. The predicted octanol–water partition coefficient (Wildman–Crippen LogP) is 1.97. The van der Waals surface area contributed by atoms with Crippen LogP contribution in [0.3, 0.4) is 0 Å². The fourth-order valence-electron chi connectivity index (χ4n) is 2.08. The zero-order valence-corrected chi connectivity index (χ0v) is 6.97. The summed E-state index contributed by atoms with van der Waals surface area (Å²) in [6.07, 6.45) is 7.07. The minimum absolute atomic E-state index is 0.0371. The Hall–Kier alpha value is -1.10. The Bertz CT molecular complexity index is 291. The van der Waals surface area contributed by atoms with E-state index in [0.29, 0.717) is 12.0 Å². The van der Waals surface area contributed by atoms with Crippen molar-refractivity contribution < 1.29 is 4.79 Å². The number of hydrogen-bond acceptors (Lipinski definition) is 2. The summed E-state index contributed by atoms with van der Waals surface area (Å²) in [4.78, 5) is 11.2. The maximum Gasteiger partial charge on any atom is 0.173 e. The van der Waals surface area contributed by atoms with Crippen LogP contribution in [0.25, 0.3) is 0 Å². The summed E-state index contributed by atoms with van der Waals surface area (Å²) >= 11 is 0. The highest BCUT2D eigenvalue weighted by molar-refractivity contribution is 5.99. The molecule has 0 heterocycles. The third-order valence-corrected chi connectivity index (χ3v) is 3.07. The van der Waals surface area contributed by atoms with Crippen molar-refractivity contribution in [2.24, 2.45) is 5.41 Å². The molecule has 0 saturated heterocycles. The Kier molecular flexibility index (Phi) is 1.54. The van der Waals surface area contributed by atoms with Gasteiger partial charge in [0.1, 0.15) is 6.07 Å². The molecule has 0 radical (unpaired) electrons. The molecule has 2 rings (SSSR count). The Morgan fingerprint density at radius 1 is 1.42 bits per heavy atom. The Morgan fingerprint density at radius 3 is 2.67 bits per heavy atom. The van der Waals surface area contributed by atoms with Gasteiger partial charge in [0, 0.05) is 6.42 Å². The largest absolute Gasteiger partial charge is 0.293 e. The lowest BCUT2D eigenvalue weighted by Gasteiger charge is -2.41. The third-order valence-electron chi connectivity index (χ3n) is 3.07. The first-order valence-electron chi connectivity index (χ1n) is 4.42. The number of carbonyl (C=O) groups is 1. The van der Waals surface area contributed by atoms with Gasteiger partial charge < -0.3 is 0 Å². The molecule has 0 N–H and O–H groups in total. The highest BCUT2D eigenvalue weighted by Crippen LogP contribution is 2.48. The summed E-state index contributed by atoms with van der Waals surface area (Å²) in [7, 11) is 0. The van der Waals surface area contributed by atoms with Crippen molar-refractivity contribution in [1.29, 1.82) is 5.26 Å². The van der Waals surface area contributed by atoms with Gasteiger partial charge in [-0.2, -0.15) is 5.26 Å². The van der Waals surface area contributed by atoms with E-state index in [-0.39, 0.29) is 11.2 Å². The summed E-state index contributed by atoms with van der Waals surface area (Å²) < 4.78 is 0. The van der Waals surface area contributed by atoms with Gasteiger partial charge in [-0.15, -0.1) is 0 Å². The van der Waals surface area contributed by atoms with Crippen LogP contribution in [0.5, 0.6) is 0 Å². The van der Waals surface area contributed by atoms with Crippen LogP contribution in [0, 0.1) is 16.7 Å². The maximum absolute atomic E-state index is 11.2. The molecule has 1 saturated carbocycles. The molecule has 2 aliphatic carbocycles. The minimum atomic E-state index is 0.0371. The van der Waals surface area contributed by atoms with Crippen molar-refractivity contribution in [3.63, 3.8) is 0 Å². The van der Waals surface area contributed by atoms with Gasteiger partial charge in [-0.25, -0.2) is 0 Å². The average Bonchev–Trinajstić information content (AvgIpc) is 2.03. The van der Waals surface area contributed by atoms with Crippen molar-refractivity contribution in [3.8, 4) is 6.07 Å². The van der Waals surface area contributed by atoms with E-state index in [1.807, 2.05) is 12.1 Å². The van der Waals surface area contributed by atoms with E-state index in [1.54, 1.807) is 0 Å². The molecular formula is C10H11NO. The van der Waals surface area contributed by atoms with E-state index in [4.69, 9.17) is 5.26 Å². The number of rotatable bonds is 0. The molecule has 12 heavy (non-hydrogen) atoms. The van der Waals surface area contributed by atoms with Crippen LogP contribution >= 0.6 is 0 Å². The number of allylic oxidation sites excluding steroid dienone is 2. The molecule has 0 unspecified atom stereocenters. The quantitative estimate of drug-likeness (QED) is 0.545. The normalized spacial score (nSPS) is 25.9. The summed E-state index contributed by atoms with van der Waals surface area (Å²) in [5.41, 5.74) is 0.653. The second-order valence-electron chi connectivity index (χ2n) is 3.81. The standard InChI is InChI=1S/C10H11NO/c11-7-8-6-10(3-1-4-10)5-2-9(8)12/h6H,1-5H2. The molecule has 62 valence electrons. The topological polar surface area (TPSA) is 40.9 Å². The molecule has 0 aliphatic heterocycles. The van der Waals surface area contributed by atoms with Crippen LogP contribution in [0.4, 0.5) is 0 Å². The second-order valence-corrected chi connectivity index (χ2v) is 3.81. The van der Waals surface area contributed by atoms with E-state index in [9.17, 15) is 4.79 Å². The van der Waals surface area contributed by atoms with Gasteiger partial charge in [0.25, 0.3) is 0 Å². The van der Waals surface area contributed by atoms with Crippen molar-refractivity contribution in [2.75, 3.05) is 0 Å². The molecule has 1 fully saturated rings. The van der Waals surface area contributed by atoms with Crippen LogP contribution in [-0.2, 0) is 4.79 Å². The number of nitriles is 1. The van der Waals surface area contributed by atoms with E-state index in [1.165, 1.54) is 19.3 Å². The first-order valence-corrected chi connectivity index (χ1v) is 4.42. The van der Waals surface area contributed by atoms with Gasteiger partial charge in [-0.1, -0.05) is 12.5 Å². The molecule has 2 aliphatic rings. The summed E-state index contributed by atoms with van der Waals surface area (Å²) in [5, 5.41) is 8.67. The van der Waals surface area contributed by atoms with Crippen molar-refractivity contribution in [1.82, 2.24) is 0 Å². The monoisotopic (exact) mass is 161 g/mol. The molecule has 1 spiro atoms. The molecule has 2 heteroatoms. The summed E-state index contributed by atoms with van der Waals surface area (Å²) in [6.45, 7) is 0. The Balaban J connectivity index is 2.29. The maximum atomic E-state index is 11.2. The van der Waals surface area contributed by atoms with Gasteiger partial charge in [-0.05, 0) is 24.7 Å². The number of nitrogens with zero attached hydrogens (tertiary/aromatic N) is 1. The van der Waals surface area contributed by atoms with Gasteiger partial charge in [-0.3, -0.25) is 4.79 Å². The number of ketones is 1. The van der Waals surface area contributed by atoms with Crippen LogP contribution in [-0.4, -0.2) is 5.78 Å². The molecule has 0 aromatic carbocycles. The number of hydrogen-bond donors (Lipinski definition) is 0. The highest BCUT2D eigenvalue weighted by Gasteiger charge is 2.38. The molecule has 2 nitrogen and oxygen atoms in total. The van der Waals surface area contributed by atoms with Gasteiger partial charge in [0.2, 0.25) is 0 Å². The van der Waals surface area contributed by atoms with Crippen molar-refractivity contribution in [2.45, 2.75) is 32.1 Å². The number of carbonyl (C=O) groups excluding carboxylic acids is 1. The van der Waals surface area contributed by atoms with Crippen LogP contribution in [0.2, 0.25) is 0 Å². The highest BCUT2D eigenvalue weighted by atomic mass is 16.1. The fraction of sp³-hybridized carbons (Fsp3) is 0.600. The van der Waals surface area contributed by atoms with E-state index < -0.39 is 0 Å². The second kappa shape index (κ2) is 2.45. The molecule has 0 amide bonds. The molecular weight excluding hydrogens is 150 g/mol. The molecule has 0 aromatic heterocycles. The van der Waals surface area contributed by atoms with Crippen molar-refractivity contribution >= 4 is 5.78 Å². The van der Waals surface area contributed by atoms with Gasteiger partial charge >= 0.3 is 0 Å². The predicted molar refractivity (Wildman–Crippen MR) is 44.2 cm³/mol. The van der Waals surface area contributed by atoms with Crippen LogP contribution < -0.4 is 0 Å². The third kappa shape index (κ3) is 0.972. The minimum Gasteiger partial charge on any atom is -0.293 e. The number of Topliss-reactive ketones (excluding diaryl/α,β-unsaturated/α-hetero) is 1. The molecule has 0 atom stereocenters. The Labute approximate surface area is 71.9 Å². The zero-order valence-electron chi connectivity index (χ0n) is 6.97. The first-order chi connectivity index (χ1) is 5.76. The van der Waals surface area contributed by atoms with E-state index >= 15 is 0 Å². The van der Waals surface area contributed by atoms with Crippen LogP contribution in [0.15, 0.2) is 11.6 Å². The van der Waals surface area contributed by atoms with Gasteiger partial charge in [0.15, 0.2) is 5.78 Å². The van der Waals surface area contributed by atoms with Crippen molar-refractivity contribution in [3.05, 3.63) is 11.6 Å². The lowest BCUT2D eigenvalue weighted by molar-refractivity contribution is -0.116. The first kappa shape index (κ1) is 7.54. The molecule has 0 aromatic rings. The van der Waals surface area contributed by atoms with E-state index in [2.05, 4.69) is 0 Å². The lowest BCUT2D eigenvalue weighted by Crippen LogP contribution is -2.31. The smallest absolute Gasteiger partial charge is 0.173 e. The summed E-state index contributed by atoms with van der Waals surface area (Å²) in [5.74, 6) is 0.0371. The van der Waals surface area contributed by atoms with Crippen LogP contribution in [0.1, 0.15) is 32.1 Å². The SMILES string of the molecule is N#CC1=CC2(CCC2)CCC1=O. The van der Waals surface area contributed by atoms with E-state index in [0.717, 1.165) is 6.42 Å². The molecule has 0 bridgehead atoms. The average molecular weight is 161 g/mol. The fourth-order valence-corrected chi connectivity index (χ4v) is 2.08. The zero-order chi connectivity index (χ0) is 8.60. The lowest BCUT2D eigenvalue weighted by atomic mass is 9.63. The van der Waals surface area contributed by atoms with Gasteiger partial charge in [0.05, 0.1) is 5.57 Å².